The SMILES string of the molecule is COc1c([C@@H](O)CC(C)C)ccc2c1C(=O)OCc1c(Br)c(C)c(Cl)c(OC(=O)C(C)(C)C)c1O2. The molecule has 0 spiro atoms. The van der Waals surface area contributed by atoms with Crippen LogP contribution in [0.15, 0.2) is 16.6 Å². The molecule has 0 radical (unpaired) electrons. The van der Waals surface area contributed by atoms with Gasteiger partial charge in [0, 0.05) is 10.0 Å². The number of hydrogen-bond acceptors (Lipinski definition) is 7. The van der Waals surface area contributed by atoms with E-state index >= 15 is 0 Å². The van der Waals surface area contributed by atoms with E-state index in [2.05, 4.69) is 15.9 Å². The van der Waals surface area contributed by atoms with E-state index in [1.54, 1.807) is 39.8 Å². The fraction of sp³-hybridized carbons (Fsp3) is 0.462. The Morgan fingerprint density at radius 1 is 1.26 bits per heavy atom. The maximum Gasteiger partial charge on any atom is 0.346 e. The highest BCUT2D eigenvalue weighted by Gasteiger charge is 2.34. The van der Waals surface area contributed by atoms with Gasteiger partial charge in [0.1, 0.15) is 23.7 Å². The van der Waals surface area contributed by atoms with Crippen LogP contribution in [0.1, 0.15) is 74.2 Å². The second kappa shape index (κ2) is 10.4. The highest BCUT2D eigenvalue weighted by molar-refractivity contribution is 9.10. The van der Waals surface area contributed by atoms with Crippen LogP contribution in [0, 0.1) is 18.3 Å². The van der Waals surface area contributed by atoms with Crippen LogP contribution in [0.25, 0.3) is 0 Å². The smallest absolute Gasteiger partial charge is 0.346 e. The molecule has 1 heterocycles. The van der Waals surface area contributed by atoms with Crippen molar-refractivity contribution >= 4 is 39.5 Å². The normalized spacial score (nSPS) is 14.2. The molecule has 1 atom stereocenters. The Balaban J connectivity index is 2.23. The highest BCUT2D eigenvalue weighted by Crippen LogP contribution is 2.50. The molecule has 2 aromatic carbocycles. The van der Waals surface area contributed by atoms with Crippen molar-refractivity contribution < 1.29 is 33.6 Å². The maximum atomic E-state index is 13.1. The summed E-state index contributed by atoms with van der Waals surface area (Å²) in [6, 6.07) is 3.20. The van der Waals surface area contributed by atoms with Crippen LogP contribution < -0.4 is 14.2 Å². The van der Waals surface area contributed by atoms with Gasteiger partial charge in [0.05, 0.1) is 29.2 Å². The lowest BCUT2D eigenvalue weighted by Crippen LogP contribution is -2.26. The lowest BCUT2D eigenvalue weighted by Gasteiger charge is -2.26. The monoisotopic (exact) mass is 568 g/mol. The Morgan fingerprint density at radius 3 is 2.49 bits per heavy atom. The van der Waals surface area contributed by atoms with Crippen LogP contribution in [0.3, 0.4) is 0 Å². The van der Waals surface area contributed by atoms with Crippen molar-refractivity contribution in [2.45, 2.75) is 60.7 Å². The van der Waals surface area contributed by atoms with Crippen LogP contribution in [0.4, 0.5) is 0 Å². The molecule has 0 amide bonds. The molecule has 2 aromatic rings. The fourth-order valence-corrected chi connectivity index (χ4v) is 4.46. The minimum absolute atomic E-state index is 0.0272. The lowest BCUT2D eigenvalue weighted by atomic mass is 9.96. The van der Waals surface area contributed by atoms with Gasteiger partial charge in [-0.25, -0.2) is 4.79 Å². The van der Waals surface area contributed by atoms with Gasteiger partial charge in [-0.1, -0.05) is 25.4 Å². The largest absolute Gasteiger partial charge is 0.495 e. The van der Waals surface area contributed by atoms with Gasteiger partial charge in [0.15, 0.2) is 11.5 Å². The van der Waals surface area contributed by atoms with Gasteiger partial charge in [0.25, 0.3) is 0 Å². The summed E-state index contributed by atoms with van der Waals surface area (Å²) in [5, 5.41) is 10.9. The summed E-state index contributed by atoms with van der Waals surface area (Å²) in [4.78, 5) is 25.9. The number of benzene rings is 2. The van der Waals surface area contributed by atoms with Crippen molar-refractivity contribution in [2.75, 3.05) is 7.11 Å². The first-order chi connectivity index (χ1) is 16.3. The van der Waals surface area contributed by atoms with E-state index in [1.807, 2.05) is 13.8 Å². The van der Waals surface area contributed by atoms with Gasteiger partial charge in [-0.2, -0.15) is 0 Å². The molecular formula is C26H30BrClO7. The van der Waals surface area contributed by atoms with Crippen LogP contribution in [0.2, 0.25) is 5.02 Å². The van der Waals surface area contributed by atoms with Crippen molar-refractivity contribution in [1.29, 1.82) is 0 Å². The minimum atomic E-state index is -0.852. The predicted molar refractivity (Wildman–Crippen MR) is 136 cm³/mol. The number of aliphatic hydroxyl groups is 1. The Labute approximate surface area is 218 Å². The van der Waals surface area contributed by atoms with Crippen molar-refractivity contribution in [3.05, 3.63) is 43.9 Å². The quantitative estimate of drug-likeness (QED) is 0.309. The molecule has 0 fully saturated rings. The molecule has 0 aliphatic carbocycles. The van der Waals surface area contributed by atoms with Gasteiger partial charge < -0.3 is 24.1 Å². The molecule has 7 nitrogen and oxygen atoms in total. The molecule has 0 saturated heterocycles. The van der Waals surface area contributed by atoms with E-state index in [0.29, 0.717) is 27.6 Å². The first kappa shape index (κ1) is 27.3. The van der Waals surface area contributed by atoms with Gasteiger partial charge in [-0.15, -0.1) is 0 Å². The highest BCUT2D eigenvalue weighted by atomic mass is 79.9. The first-order valence-electron chi connectivity index (χ1n) is 11.2. The average Bonchev–Trinajstić information content (AvgIpc) is 2.76. The Morgan fingerprint density at radius 2 is 1.91 bits per heavy atom. The molecule has 35 heavy (non-hydrogen) atoms. The van der Waals surface area contributed by atoms with Crippen LogP contribution in [-0.2, 0) is 16.1 Å². The summed E-state index contributed by atoms with van der Waals surface area (Å²) >= 11 is 10.1. The summed E-state index contributed by atoms with van der Waals surface area (Å²) in [5.41, 5.74) is 0.745. The molecule has 0 saturated carbocycles. The number of ether oxygens (including phenoxy) is 4. The molecule has 1 aliphatic heterocycles. The van der Waals surface area contributed by atoms with Gasteiger partial charge >= 0.3 is 11.9 Å². The second-order valence-corrected chi connectivity index (χ2v) is 11.1. The molecule has 0 unspecified atom stereocenters. The molecule has 0 aromatic heterocycles. The molecule has 1 aliphatic rings. The van der Waals surface area contributed by atoms with Crippen LogP contribution >= 0.6 is 27.5 Å². The zero-order valence-electron chi connectivity index (χ0n) is 20.9. The summed E-state index contributed by atoms with van der Waals surface area (Å²) < 4.78 is 23.7. The molecular weight excluding hydrogens is 540 g/mol. The number of halogens is 2. The van der Waals surface area contributed by atoms with E-state index < -0.39 is 23.5 Å². The number of fused-ring (bicyclic) bond motifs is 2. The summed E-state index contributed by atoms with van der Waals surface area (Å²) in [6.07, 6.45) is -0.377. The van der Waals surface area contributed by atoms with Gasteiger partial charge in [0.2, 0.25) is 0 Å². The molecule has 9 heteroatoms. The van der Waals surface area contributed by atoms with Gasteiger partial charge in [-0.05, 0) is 73.7 Å². The van der Waals surface area contributed by atoms with Crippen molar-refractivity contribution in [3.63, 3.8) is 0 Å². The molecule has 3 rings (SSSR count). The number of carbonyl (C=O) groups excluding carboxylic acids is 2. The Bertz CT molecular complexity index is 1170. The van der Waals surface area contributed by atoms with Crippen LogP contribution in [0.5, 0.6) is 23.0 Å². The Hall–Kier alpha value is -2.29. The molecule has 190 valence electrons. The fourth-order valence-electron chi connectivity index (χ4n) is 3.64. The third kappa shape index (κ3) is 5.44. The van der Waals surface area contributed by atoms with E-state index in [0.717, 1.165) is 0 Å². The van der Waals surface area contributed by atoms with Gasteiger partial charge in [-0.3, -0.25) is 4.79 Å². The Kier molecular flexibility index (Phi) is 8.09. The van der Waals surface area contributed by atoms with Crippen LogP contribution in [-0.4, -0.2) is 24.2 Å². The molecule has 1 N–H and O–H groups in total. The molecule has 0 bridgehead atoms. The van der Waals surface area contributed by atoms with E-state index in [9.17, 15) is 14.7 Å². The maximum absolute atomic E-state index is 13.1. The van der Waals surface area contributed by atoms with E-state index in [-0.39, 0.29) is 46.1 Å². The summed E-state index contributed by atoms with van der Waals surface area (Å²) in [7, 11) is 1.41. The minimum Gasteiger partial charge on any atom is -0.495 e. The van der Waals surface area contributed by atoms with E-state index in [1.165, 1.54) is 7.11 Å². The van der Waals surface area contributed by atoms with E-state index in [4.69, 9.17) is 30.5 Å². The summed E-state index contributed by atoms with van der Waals surface area (Å²) in [5.74, 6) is -0.493. The topological polar surface area (TPSA) is 91.3 Å². The zero-order valence-corrected chi connectivity index (χ0v) is 23.2. The second-order valence-electron chi connectivity index (χ2n) is 9.91. The number of esters is 2. The number of aliphatic hydroxyl groups excluding tert-OH is 1. The standard InChI is InChI=1S/C26H30BrClO7/c1-12(2)10-16(29)14-8-9-17-18(21(14)32-7)24(30)33-11-15-19(27)13(3)20(28)23(22(15)34-17)35-25(31)26(4,5)6/h8-9,12,16,29H,10-11H2,1-7H3/t16-/m0/s1. The number of cyclic esters (lactones) is 1. The third-order valence-electron chi connectivity index (χ3n) is 5.58. The average molecular weight is 570 g/mol. The first-order valence-corrected chi connectivity index (χ1v) is 12.4. The number of hydrogen-bond donors (Lipinski definition) is 1. The number of rotatable bonds is 5. The van der Waals surface area contributed by atoms with Crippen molar-refractivity contribution in [1.82, 2.24) is 0 Å². The zero-order chi connectivity index (χ0) is 26.2. The summed E-state index contributed by atoms with van der Waals surface area (Å²) in [6.45, 7) is 10.7. The van der Waals surface area contributed by atoms with Crippen molar-refractivity contribution in [2.24, 2.45) is 11.3 Å². The van der Waals surface area contributed by atoms with Crippen molar-refractivity contribution in [3.8, 4) is 23.0 Å². The predicted octanol–water partition coefficient (Wildman–Crippen LogP) is 6.91. The number of methoxy groups -OCH3 is 1. The third-order valence-corrected chi connectivity index (χ3v) is 7.11. The number of carbonyl (C=O) groups is 2. The lowest BCUT2D eigenvalue weighted by molar-refractivity contribution is -0.143.